The standard InChI is InChI=1S/C9H11FN2O2/c1-6-4-7(2-3-8(6)10)14-5-9(13)12-11/h2-4H,5,11H2,1H3,(H,12,13). The second-order valence-corrected chi connectivity index (χ2v) is 2.77. The van der Waals surface area contributed by atoms with Gasteiger partial charge in [-0.25, -0.2) is 10.2 Å². The number of hydrogen-bond donors (Lipinski definition) is 2. The van der Waals surface area contributed by atoms with Crippen molar-refractivity contribution < 1.29 is 13.9 Å². The van der Waals surface area contributed by atoms with E-state index in [-0.39, 0.29) is 12.4 Å². The first kappa shape index (κ1) is 10.5. The van der Waals surface area contributed by atoms with E-state index in [0.29, 0.717) is 11.3 Å². The average Bonchev–Trinajstić information content (AvgIpc) is 2.19. The van der Waals surface area contributed by atoms with Crippen LogP contribution in [0.3, 0.4) is 0 Å². The normalized spacial score (nSPS) is 9.64. The Balaban J connectivity index is 2.60. The maximum absolute atomic E-state index is 12.8. The van der Waals surface area contributed by atoms with Crippen molar-refractivity contribution in [3.05, 3.63) is 29.6 Å². The van der Waals surface area contributed by atoms with Crippen LogP contribution in [0.25, 0.3) is 0 Å². The van der Waals surface area contributed by atoms with Gasteiger partial charge in [0.05, 0.1) is 0 Å². The predicted octanol–water partition coefficient (Wildman–Crippen LogP) is 0.503. The summed E-state index contributed by atoms with van der Waals surface area (Å²) in [5, 5.41) is 0. The maximum Gasteiger partial charge on any atom is 0.271 e. The number of hydrogen-bond acceptors (Lipinski definition) is 3. The molecule has 1 aromatic carbocycles. The monoisotopic (exact) mass is 198 g/mol. The molecule has 0 aliphatic carbocycles. The number of ether oxygens (including phenoxy) is 1. The fourth-order valence-electron chi connectivity index (χ4n) is 0.898. The summed E-state index contributed by atoms with van der Waals surface area (Å²) in [5.41, 5.74) is 2.39. The predicted molar refractivity (Wildman–Crippen MR) is 49.0 cm³/mol. The number of hydrazine groups is 1. The summed E-state index contributed by atoms with van der Waals surface area (Å²) in [6.07, 6.45) is 0. The quantitative estimate of drug-likeness (QED) is 0.422. The lowest BCUT2D eigenvalue weighted by Gasteiger charge is -2.05. The molecule has 0 radical (unpaired) electrons. The molecule has 0 bridgehead atoms. The number of carbonyl (C=O) groups is 1. The van der Waals surface area contributed by atoms with E-state index in [1.807, 2.05) is 5.43 Å². The molecule has 0 fully saturated rings. The molecular weight excluding hydrogens is 187 g/mol. The van der Waals surface area contributed by atoms with Crippen molar-refractivity contribution in [3.8, 4) is 5.75 Å². The maximum atomic E-state index is 12.8. The molecule has 0 aromatic heterocycles. The van der Waals surface area contributed by atoms with Gasteiger partial charge in [0, 0.05) is 0 Å². The number of carbonyl (C=O) groups excluding carboxylic acids is 1. The minimum Gasteiger partial charge on any atom is -0.484 e. The van der Waals surface area contributed by atoms with Crippen LogP contribution in [0.2, 0.25) is 0 Å². The number of aryl methyl sites for hydroxylation is 1. The molecule has 0 unspecified atom stereocenters. The summed E-state index contributed by atoms with van der Waals surface area (Å²) in [4.78, 5) is 10.7. The van der Waals surface area contributed by atoms with E-state index in [4.69, 9.17) is 10.6 Å². The van der Waals surface area contributed by atoms with Crippen molar-refractivity contribution in [2.45, 2.75) is 6.92 Å². The highest BCUT2D eigenvalue weighted by Gasteiger charge is 2.02. The first-order valence-electron chi connectivity index (χ1n) is 4.02. The third-order valence-electron chi connectivity index (χ3n) is 1.66. The van der Waals surface area contributed by atoms with E-state index >= 15 is 0 Å². The van der Waals surface area contributed by atoms with Gasteiger partial charge in [-0.05, 0) is 30.7 Å². The zero-order valence-corrected chi connectivity index (χ0v) is 7.71. The van der Waals surface area contributed by atoms with Gasteiger partial charge >= 0.3 is 0 Å². The van der Waals surface area contributed by atoms with Crippen molar-refractivity contribution in [1.82, 2.24) is 5.43 Å². The molecule has 1 aromatic rings. The minimum absolute atomic E-state index is 0.179. The Morgan fingerprint density at radius 1 is 1.64 bits per heavy atom. The Bertz CT molecular complexity index is 342. The van der Waals surface area contributed by atoms with Crippen LogP contribution in [0.15, 0.2) is 18.2 Å². The van der Waals surface area contributed by atoms with E-state index < -0.39 is 5.91 Å². The summed E-state index contributed by atoms with van der Waals surface area (Å²) in [6, 6.07) is 4.25. The zero-order chi connectivity index (χ0) is 10.6. The topological polar surface area (TPSA) is 64.3 Å². The molecule has 0 aliphatic heterocycles. The molecule has 3 N–H and O–H groups in total. The first-order valence-corrected chi connectivity index (χ1v) is 4.02. The Labute approximate surface area is 80.8 Å². The van der Waals surface area contributed by atoms with Crippen LogP contribution in [0.5, 0.6) is 5.75 Å². The van der Waals surface area contributed by atoms with Crippen LogP contribution in [-0.4, -0.2) is 12.5 Å². The Morgan fingerprint density at radius 3 is 2.93 bits per heavy atom. The summed E-state index contributed by atoms with van der Waals surface area (Å²) in [7, 11) is 0. The fraction of sp³-hybridized carbons (Fsp3) is 0.222. The highest BCUT2D eigenvalue weighted by Crippen LogP contribution is 2.15. The van der Waals surface area contributed by atoms with E-state index in [1.54, 1.807) is 6.92 Å². The van der Waals surface area contributed by atoms with Crippen LogP contribution in [0.1, 0.15) is 5.56 Å². The van der Waals surface area contributed by atoms with Gasteiger partial charge in [-0.3, -0.25) is 10.2 Å². The molecule has 0 saturated carbocycles. The van der Waals surface area contributed by atoms with Gasteiger partial charge < -0.3 is 4.74 Å². The van der Waals surface area contributed by atoms with Crippen LogP contribution in [-0.2, 0) is 4.79 Å². The van der Waals surface area contributed by atoms with E-state index in [9.17, 15) is 9.18 Å². The molecule has 0 saturated heterocycles. The molecule has 14 heavy (non-hydrogen) atoms. The number of benzene rings is 1. The Hall–Kier alpha value is -1.62. The third-order valence-corrected chi connectivity index (χ3v) is 1.66. The SMILES string of the molecule is Cc1cc(OCC(=O)NN)ccc1F. The second-order valence-electron chi connectivity index (χ2n) is 2.77. The lowest BCUT2D eigenvalue weighted by molar-refractivity contribution is -0.123. The zero-order valence-electron chi connectivity index (χ0n) is 7.71. The molecule has 76 valence electrons. The summed E-state index contributed by atoms with van der Waals surface area (Å²) in [5.74, 6) is 4.55. The molecule has 0 spiro atoms. The molecule has 1 rings (SSSR count). The molecule has 0 aliphatic rings. The molecular formula is C9H11FN2O2. The number of amides is 1. The summed E-state index contributed by atoms with van der Waals surface area (Å²) in [6.45, 7) is 1.44. The van der Waals surface area contributed by atoms with E-state index in [1.165, 1.54) is 18.2 Å². The van der Waals surface area contributed by atoms with Gasteiger partial charge in [-0.15, -0.1) is 0 Å². The smallest absolute Gasteiger partial charge is 0.271 e. The van der Waals surface area contributed by atoms with Gasteiger partial charge in [0.15, 0.2) is 6.61 Å². The second kappa shape index (κ2) is 4.57. The molecule has 0 heterocycles. The van der Waals surface area contributed by atoms with Crippen molar-refractivity contribution in [3.63, 3.8) is 0 Å². The Morgan fingerprint density at radius 2 is 2.36 bits per heavy atom. The van der Waals surface area contributed by atoms with Crippen LogP contribution in [0, 0.1) is 12.7 Å². The molecule has 5 heteroatoms. The number of nitrogens with one attached hydrogen (secondary N) is 1. The van der Waals surface area contributed by atoms with Gasteiger partial charge in [0.1, 0.15) is 11.6 Å². The van der Waals surface area contributed by atoms with Crippen LogP contribution < -0.4 is 16.0 Å². The molecule has 0 atom stereocenters. The lowest BCUT2D eigenvalue weighted by atomic mass is 10.2. The van der Waals surface area contributed by atoms with Gasteiger partial charge in [-0.1, -0.05) is 0 Å². The number of rotatable bonds is 3. The van der Waals surface area contributed by atoms with Crippen LogP contribution in [0.4, 0.5) is 4.39 Å². The van der Waals surface area contributed by atoms with Gasteiger partial charge in [0.25, 0.3) is 5.91 Å². The molecule has 4 nitrogen and oxygen atoms in total. The van der Waals surface area contributed by atoms with E-state index in [0.717, 1.165) is 0 Å². The van der Waals surface area contributed by atoms with Crippen molar-refractivity contribution in [2.75, 3.05) is 6.61 Å². The fourth-order valence-corrected chi connectivity index (χ4v) is 0.898. The largest absolute Gasteiger partial charge is 0.484 e. The van der Waals surface area contributed by atoms with Crippen LogP contribution >= 0.6 is 0 Å². The average molecular weight is 198 g/mol. The minimum atomic E-state index is -0.438. The van der Waals surface area contributed by atoms with Gasteiger partial charge in [0.2, 0.25) is 0 Å². The van der Waals surface area contributed by atoms with Crippen molar-refractivity contribution in [2.24, 2.45) is 5.84 Å². The van der Waals surface area contributed by atoms with E-state index in [2.05, 4.69) is 0 Å². The third kappa shape index (κ3) is 2.70. The molecule has 1 amide bonds. The summed E-state index contributed by atoms with van der Waals surface area (Å²) >= 11 is 0. The number of halogens is 1. The van der Waals surface area contributed by atoms with Gasteiger partial charge in [-0.2, -0.15) is 0 Å². The summed E-state index contributed by atoms with van der Waals surface area (Å²) < 4.78 is 17.8. The lowest BCUT2D eigenvalue weighted by Crippen LogP contribution is -2.34. The highest BCUT2D eigenvalue weighted by atomic mass is 19.1. The first-order chi connectivity index (χ1) is 6.63. The van der Waals surface area contributed by atoms with Crippen molar-refractivity contribution >= 4 is 5.91 Å². The number of nitrogens with two attached hydrogens (primary N) is 1. The Kier molecular flexibility index (Phi) is 3.41. The highest BCUT2D eigenvalue weighted by molar-refractivity contribution is 5.76. The van der Waals surface area contributed by atoms with Crippen molar-refractivity contribution in [1.29, 1.82) is 0 Å².